The monoisotopic (exact) mass is 346 g/mol. The Balaban J connectivity index is 1.99. The first kappa shape index (κ1) is 19.1. The minimum Gasteiger partial charge on any atom is -0.348 e. The topological polar surface area (TPSA) is 41.1 Å². The van der Waals surface area contributed by atoms with Crippen LogP contribution in [-0.2, 0) is 4.79 Å². The standard InChI is InChI=1S/C20H24F2N2O/c1-12-7-5-6-8-17(12)13(2)24-20(25)15(4)23-14(3)18-10-9-16(21)11-19(18)22/h5-11,13-15,23H,1-4H3,(H,24,25). The van der Waals surface area contributed by atoms with E-state index in [0.29, 0.717) is 5.56 Å². The molecule has 0 saturated carbocycles. The van der Waals surface area contributed by atoms with Gasteiger partial charge in [0.1, 0.15) is 11.6 Å². The van der Waals surface area contributed by atoms with Crippen molar-refractivity contribution in [3.05, 3.63) is 70.8 Å². The quantitative estimate of drug-likeness (QED) is 0.823. The molecule has 0 radical (unpaired) electrons. The highest BCUT2D eigenvalue weighted by atomic mass is 19.1. The third-order valence-electron chi connectivity index (χ3n) is 4.34. The molecule has 0 aromatic heterocycles. The number of aryl methyl sites for hydroxylation is 1. The van der Waals surface area contributed by atoms with Gasteiger partial charge in [0.2, 0.25) is 5.91 Å². The third-order valence-corrected chi connectivity index (χ3v) is 4.34. The summed E-state index contributed by atoms with van der Waals surface area (Å²) < 4.78 is 26.9. The number of halogens is 2. The fourth-order valence-electron chi connectivity index (χ4n) is 2.88. The fourth-order valence-corrected chi connectivity index (χ4v) is 2.88. The summed E-state index contributed by atoms with van der Waals surface area (Å²) in [5.41, 5.74) is 2.49. The zero-order valence-electron chi connectivity index (χ0n) is 14.9. The molecule has 0 heterocycles. The van der Waals surface area contributed by atoms with E-state index < -0.39 is 23.7 Å². The molecule has 0 spiro atoms. The second kappa shape index (κ2) is 8.21. The largest absolute Gasteiger partial charge is 0.348 e. The van der Waals surface area contributed by atoms with Crippen molar-refractivity contribution < 1.29 is 13.6 Å². The molecule has 2 aromatic carbocycles. The van der Waals surface area contributed by atoms with Gasteiger partial charge in [0.25, 0.3) is 0 Å². The van der Waals surface area contributed by atoms with E-state index in [1.54, 1.807) is 13.8 Å². The van der Waals surface area contributed by atoms with Crippen molar-refractivity contribution in [3.63, 3.8) is 0 Å². The van der Waals surface area contributed by atoms with Gasteiger partial charge in [0.15, 0.2) is 0 Å². The minimum absolute atomic E-state index is 0.129. The maximum Gasteiger partial charge on any atom is 0.237 e. The summed E-state index contributed by atoms with van der Waals surface area (Å²) in [6.07, 6.45) is 0. The van der Waals surface area contributed by atoms with Crippen LogP contribution in [0.2, 0.25) is 0 Å². The van der Waals surface area contributed by atoms with Gasteiger partial charge in [-0.25, -0.2) is 8.78 Å². The van der Waals surface area contributed by atoms with Crippen molar-refractivity contribution in [2.24, 2.45) is 0 Å². The summed E-state index contributed by atoms with van der Waals surface area (Å²) in [7, 11) is 0. The van der Waals surface area contributed by atoms with Crippen LogP contribution in [0.1, 0.15) is 49.5 Å². The van der Waals surface area contributed by atoms with Crippen LogP contribution in [0.3, 0.4) is 0 Å². The number of rotatable bonds is 6. The van der Waals surface area contributed by atoms with Crippen LogP contribution in [0, 0.1) is 18.6 Å². The molecule has 0 fully saturated rings. The average Bonchev–Trinajstić information content (AvgIpc) is 2.54. The predicted molar refractivity (Wildman–Crippen MR) is 95.1 cm³/mol. The van der Waals surface area contributed by atoms with Crippen molar-refractivity contribution in [2.45, 2.75) is 45.8 Å². The summed E-state index contributed by atoms with van der Waals surface area (Å²) in [5.74, 6) is -1.42. The van der Waals surface area contributed by atoms with Crippen LogP contribution >= 0.6 is 0 Å². The van der Waals surface area contributed by atoms with E-state index in [2.05, 4.69) is 10.6 Å². The Bertz CT molecular complexity index is 748. The fraction of sp³-hybridized carbons (Fsp3) is 0.350. The molecule has 3 unspecified atom stereocenters. The zero-order chi connectivity index (χ0) is 18.6. The van der Waals surface area contributed by atoms with Crippen LogP contribution in [0.5, 0.6) is 0 Å². The number of hydrogen-bond acceptors (Lipinski definition) is 2. The summed E-state index contributed by atoms with van der Waals surface area (Å²) in [6.45, 7) is 7.39. The molecule has 0 aliphatic heterocycles. The van der Waals surface area contributed by atoms with Gasteiger partial charge in [-0.3, -0.25) is 10.1 Å². The van der Waals surface area contributed by atoms with Crippen molar-refractivity contribution >= 4 is 5.91 Å². The van der Waals surface area contributed by atoms with Gasteiger partial charge in [0.05, 0.1) is 12.1 Å². The van der Waals surface area contributed by atoms with Gasteiger partial charge in [-0.2, -0.15) is 0 Å². The molecule has 25 heavy (non-hydrogen) atoms. The number of amides is 1. The van der Waals surface area contributed by atoms with Crippen molar-refractivity contribution in [1.29, 1.82) is 0 Å². The second-order valence-corrected chi connectivity index (χ2v) is 6.36. The Morgan fingerprint density at radius 3 is 2.28 bits per heavy atom. The molecule has 2 N–H and O–H groups in total. The van der Waals surface area contributed by atoms with Crippen molar-refractivity contribution in [2.75, 3.05) is 0 Å². The molecule has 0 saturated heterocycles. The molecule has 2 rings (SSSR count). The van der Waals surface area contributed by atoms with Gasteiger partial charge >= 0.3 is 0 Å². The Morgan fingerprint density at radius 1 is 0.960 bits per heavy atom. The van der Waals surface area contributed by atoms with Crippen molar-refractivity contribution in [1.82, 2.24) is 10.6 Å². The van der Waals surface area contributed by atoms with Crippen molar-refractivity contribution in [3.8, 4) is 0 Å². The number of carbonyl (C=O) groups is 1. The summed E-state index contributed by atoms with van der Waals surface area (Å²) >= 11 is 0. The maximum absolute atomic E-state index is 13.8. The van der Waals surface area contributed by atoms with Crippen LogP contribution in [-0.4, -0.2) is 11.9 Å². The number of nitrogens with one attached hydrogen (secondary N) is 2. The van der Waals surface area contributed by atoms with E-state index in [9.17, 15) is 13.6 Å². The van der Waals surface area contributed by atoms with Gasteiger partial charge in [-0.15, -0.1) is 0 Å². The molecule has 134 valence electrons. The van der Waals surface area contributed by atoms with E-state index in [1.165, 1.54) is 12.1 Å². The molecule has 3 nitrogen and oxygen atoms in total. The van der Waals surface area contributed by atoms with Gasteiger partial charge in [0, 0.05) is 17.7 Å². The molecule has 5 heteroatoms. The summed E-state index contributed by atoms with van der Waals surface area (Å²) in [6, 6.07) is 10.2. The Morgan fingerprint density at radius 2 is 1.64 bits per heavy atom. The van der Waals surface area contributed by atoms with E-state index >= 15 is 0 Å². The highest BCUT2D eigenvalue weighted by Gasteiger charge is 2.20. The summed E-state index contributed by atoms with van der Waals surface area (Å²) in [4.78, 5) is 12.4. The molecule has 1 amide bonds. The molecule has 0 aliphatic rings. The first-order valence-electron chi connectivity index (χ1n) is 8.36. The molecule has 0 bridgehead atoms. The Labute approximate surface area is 147 Å². The molecule has 0 aliphatic carbocycles. The number of carbonyl (C=O) groups excluding carboxylic acids is 1. The lowest BCUT2D eigenvalue weighted by molar-refractivity contribution is -0.123. The number of hydrogen-bond donors (Lipinski definition) is 2. The molecule has 3 atom stereocenters. The van der Waals surface area contributed by atoms with E-state index in [-0.39, 0.29) is 11.9 Å². The lowest BCUT2D eigenvalue weighted by Crippen LogP contribution is -2.44. The molecular weight excluding hydrogens is 322 g/mol. The maximum atomic E-state index is 13.8. The lowest BCUT2D eigenvalue weighted by atomic mass is 10.0. The van der Waals surface area contributed by atoms with E-state index in [4.69, 9.17) is 0 Å². The zero-order valence-corrected chi connectivity index (χ0v) is 14.9. The van der Waals surface area contributed by atoms with Gasteiger partial charge in [-0.1, -0.05) is 30.3 Å². The van der Waals surface area contributed by atoms with Crippen LogP contribution < -0.4 is 10.6 Å². The SMILES string of the molecule is Cc1ccccc1C(C)NC(=O)C(C)NC(C)c1ccc(F)cc1F. The third kappa shape index (κ3) is 4.86. The first-order chi connectivity index (χ1) is 11.8. The first-order valence-corrected chi connectivity index (χ1v) is 8.36. The highest BCUT2D eigenvalue weighted by Crippen LogP contribution is 2.19. The van der Waals surface area contributed by atoms with Gasteiger partial charge < -0.3 is 5.32 Å². The lowest BCUT2D eigenvalue weighted by Gasteiger charge is -2.23. The smallest absolute Gasteiger partial charge is 0.237 e. The Hall–Kier alpha value is -2.27. The Kier molecular flexibility index (Phi) is 6.26. The molecular formula is C20H24F2N2O. The predicted octanol–water partition coefficient (Wildman–Crippen LogP) is 4.19. The average molecular weight is 346 g/mol. The number of benzene rings is 2. The second-order valence-electron chi connectivity index (χ2n) is 6.36. The highest BCUT2D eigenvalue weighted by molar-refractivity contribution is 5.81. The molecule has 2 aromatic rings. The van der Waals surface area contributed by atoms with Crippen LogP contribution in [0.25, 0.3) is 0 Å². The van der Waals surface area contributed by atoms with E-state index in [0.717, 1.165) is 17.2 Å². The van der Waals surface area contributed by atoms with E-state index in [1.807, 2.05) is 38.1 Å². The van der Waals surface area contributed by atoms with Crippen LogP contribution in [0.15, 0.2) is 42.5 Å². The van der Waals surface area contributed by atoms with Crippen LogP contribution in [0.4, 0.5) is 8.78 Å². The summed E-state index contributed by atoms with van der Waals surface area (Å²) in [5, 5.41) is 6.02. The normalized spacial score (nSPS) is 14.6. The minimum atomic E-state index is -0.624. The van der Waals surface area contributed by atoms with Gasteiger partial charge in [-0.05, 0) is 44.9 Å².